The highest BCUT2D eigenvalue weighted by atomic mass is 32.2. The van der Waals surface area contributed by atoms with E-state index in [2.05, 4.69) is 0 Å². The second-order valence-electron chi connectivity index (χ2n) is 5.63. The van der Waals surface area contributed by atoms with Crippen LogP contribution in [0.15, 0.2) is 12.1 Å². The maximum atomic E-state index is 12.4. The summed E-state index contributed by atoms with van der Waals surface area (Å²) >= 11 is 0. The summed E-state index contributed by atoms with van der Waals surface area (Å²) in [7, 11) is -1.15. The molecule has 1 aliphatic heterocycles. The maximum absolute atomic E-state index is 12.4. The summed E-state index contributed by atoms with van der Waals surface area (Å²) in [6.07, 6.45) is 0.774. The Morgan fingerprint density at radius 3 is 2.40 bits per heavy atom. The van der Waals surface area contributed by atoms with E-state index in [1.165, 1.54) is 0 Å². The minimum absolute atomic E-state index is 0.00925. The highest BCUT2D eigenvalue weighted by molar-refractivity contribution is 7.86. The lowest BCUT2D eigenvalue weighted by molar-refractivity contribution is 0.102. The third-order valence-corrected chi connectivity index (χ3v) is 5.71. The van der Waals surface area contributed by atoms with E-state index >= 15 is 0 Å². The zero-order chi connectivity index (χ0) is 14.9. The van der Waals surface area contributed by atoms with Crippen molar-refractivity contribution in [3.05, 3.63) is 34.4 Å². The number of carbonyl (C=O) groups is 1. The summed E-state index contributed by atoms with van der Waals surface area (Å²) in [5.41, 5.74) is 3.83. The number of rotatable bonds is 4. The summed E-state index contributed by atoms with van der Waals surface area (Å²) in [5.74, 6) is 0.0840. The van der Waals surface area contributed by atoms with Crippen molar-refractivity contribution in [2.24, 2.45) is 0 Å². The number of aryl methyl sites for hydroxylation is 3. The van der Waals surface area contributed by atoms with Crippen molar-refractivity contribution < 1.29 is 13.7 Å². The number of Topliss-reactive ketones (excluding diaryl/α,β-unsaturated/α-hetero) is 1. The quantitative estimate of drug-likeness (QED) is 0.802. The van der Waals surface area contributed by atoms with Crippen molar-refractivity contribution in [3.63, 3.8) is 0 Å². The highest BCUT2D eigenvalue weighted by Crippen LogP contribution is 2.21. The molecule has 0 radical (unpaired) electrons. The van der Waals surface area contributed by atoms with Crippen LogP contribution in [-0.2, 0) is 15.5 Å². The van der Waals surface area contributed by atoms with Gasteiger partial charge in [-0.2, -0.15) is 0 Å². The predicted molar refractivity (Wildman–Crippen MR) is 81.8 cm³/mol. The molecule has 1 aromatic carbocycles. The minimum Gasteiger partial charge on any atom is -0.377 e. The largest absolute Gasteiger partial charge is 0.377 e. The summed E-state index contributed by atoms with van der Waals surface area (Å²) in [5, 5.41) is -0.00925. The van der Waals surface area contributed by atoms with Gasteiger partial charge >= 0.3 is 0 Å². The first kappa shape index (κ1) is 15.4. The fourth-order valence-corrected chi connectivity index (χ4v) is 4.47. The molecular formula is C16H22O3S. The van der Waals surface area contributed by atoms with Crippen molar-refractivity contribution in [1.82, 2.24) is 0 Å². The first-order valence-corrected chi connectivity index (χ1v) is 8.38. The molecule has 3 nitrogen and oxygen atoms in total. The Kier molecular flexibility index (Phi) is 4.76. The van der Waals surface area contributed by atoms with Crippen molar-refractivity contribution in [1.29, 1.82) is 0 Å². The summed E-state index contributed by atoms with van der Waals surface area (Å²) in [6.45, 7) is 8.48. The van der Waals surface area contributed by atoms with Gasteiger partial charge in [0.1, 0.15) is 0 Å². The molecule has 1 aromatic rings. The average molecular weight is 294 g/mol. The van der Waals surface area contributed by atoms with Crippen molar-refractivity contribution in [2.45, 2.75) is 45.5 Å². The number of hydrogen-bond donors (Lipinski definition) is 0. The number of ketones is 1. The average Bonchev–Trinajstić information content (AvgIpc) is 2.73. The molecule has 110 valence electrons. The molecule has 0 aromatic heterocycles. The Morgan fingerprint density at radius 1 is 1.30 bits per heavy atom. The topological polar surface area (TPSA) is 43.4 Å². The van der Waals surface area contributed by atoms with Crippen molar-refractivity contribution >= 4 is 16.6 Å². The van der Waals surface area contributed by atoms with E-state index < -0.39 is 10.8 Å². The Hall–Kier alpha value is -1.00. The van der Waals surface area contributed by atoms with Crippen LogP contribution in [0.1, 0.15) is 40.4 Å². The Labute approximate surface area is 123 Å². The number of ether oxygens (including phenoxy) is 1. The van der Waals surface area contributed by atoms with Gasteiger partial charge in [-0.1, -0.05) is 17.7 Å². The molecule has 0 bridgehead atoms. The molecule has 0 N–H and O–H groups in total. The molecule has 20 heavy (non-hydrogen) atoms. The molecule has 1 heterocycles. The van der Waals surface area contributed by atoms with Gasteiger partial charge < -0.3 is 4.74 Å². The van der Waals surface area contributed by atoms with Gasteiger partial charge in [0, 0.05) is 23.0 Å². The maximum Gasteiger partial charge on any atom is 0.175 e. The van der Waals surface area contributed by atoms with Crippen molar-refractivity contribution in [3.8, 4) is 0 Å². The first-order chi connectivity index (χ1) is 9.40. The van der Waals surface area contributed by atoms with E-state index in [1.807, 2.05) is 39.8 Å². The summed E-state index contributed by atoms with van der Waals surface area (Å²) < 4.78 is 17.8. The molecule has 1 fully saturated rings. The second-order valence-corrected chi connectivity index (χ2v) is 7.28. The fraction of sp³-hybridized carbons (Fsp3) is 0.562. The van der Waals surface area contributed by atoms with Crippen LogP contribution in [0, 0.1) is 20.8 Å². The smallest absolute Gasteiger partial charge is 0.175 e. The van der Waals surface area contributed by atoms with Gasteiger partial charge in [-0.05, 0) is 45.2 Å². The van der Waals surface area contributed by atoms with E-state index in [-0.39, 0.29) is 22.9 Å². The molecule has 3 atom stereocenters. The highest BCUT2D eigenvalue weighted by Gasteiger charge is 2.31. The molecule has 1 aliphatic rings. The lowest BCUT2D eigenvalue weighted by Crippen LogP contribution is -2.28. The van der Waals surface area contributed by atoms with Gasteiger partial charge in [-0.3, -0.25) is 9.00 Å². The van der Waals surface area contributed by atoms with E-state index in [1.54, 1.807) is 0 Å². The van der Waals surface area contributed by atoms with Gasteiger partial charge in [0.05, 0.1) is 17.1 Å². The Balaban J connectivity index is 2.15. The minimum atomic E-state index is -1.15. The molecule has 4 heteroatoms. The normalized spacial score (nSPS) is 23.8. The van der Waals surface area contributed by atoms with Crippen LogP contribution in [0.2, 0.25) is 0 Å². The molecular weight excluding hydrogens is 272 g/mol. The van der Waals surface area contributed by atoms with Gasteiger partial charge in [0.15, 0.2) is 5.78 Å². The summed E-state index contributed by atoms with van der Waals surface area (Å²) in [4.78, 5) is 12.4. The van der Waals surface area contributed by atoms with E-state index in [0.29, 0.717) is 6.61 Å². The van der Waals surface area contributed by atoms with Crippen LogP contribution in [-0.4, -0.2) is 33.7 Å². The van der Waals surface area contributed by atoms with Crippen molar-refractivity contribution in [2.75, 3.05) is 12.4 Å². The third-order valence-electron chi connectivity index (χ3n) is 3.87. The lowest BCUT2D eigenvalue weighted by atomic mass is 9.97. The molecule has 0 amide bonds. The zero-order valence-electron chi connectivity index (χ0n) is 12.6. The molecule has 0 spiro atoms. The molecule has 1 saturated heterocycles. The number of carbonyl (C=O) groups excluding carboxylic acids is 1. The summed E-state index contributed by atoms with van der Waals surface area (Å²) in [6, 6.07) is 4.01. The molecule has 0 saturated carbocycles. The number of hydrogen-bond acceptors (Lipinski definition) is 3. The van der Waals surface area contributed by atoms with E-state index in [9.17, 15) is 9.00 Å². The van der Waals surface area contributed by atoms with Gasteiger partial charge in [0.25, 0.3) is 0 Å². The van der Waals surface area contributed by atoms with Crippen LogP contribution in [0.25, 0.3) is 0 Å². The van der Waals surface area contributed by atoms with Crippen LogP contribution >= 0.6 is 0 Å². The number of benzene rings is 1. The standard InChI is InChI=1S/C16H22O3S/c1-10-7-11(2)16(12(3)8-10)14(17)9-20(18)15-5-6-19-13(15)4/h7-8,13,15H,5-6,9H2,1-4H3. The van der Waals surface area contributed by atoms with Crippen LogP contribution in [0.4, 0.5) is 0 Å². The first-order valence-electron chi connectivity index (χ1n) is 7.00. The van der Waals surface area contributed by atoms with Gasteiger partial charge in [-0.25, -0.2) is 0 Å². The Morgan fingerprint density at radius 2 is 1.90 bits per heavy atom. The van der Waals surface area contributed by atoms with Crippen LogP contribution < -0.4 is 0 Å². The van der Waals surface area contributed by atoms with Gasteiger partial charge in [0.2, 0.25) is 0 Å². The fourth-order valence-electron chi connectivity index (χ4n) is 2.99. The molecule has 0 aliphatic carbocycles. The van der Waals surface area contributed by atoms with Gasteiger partial charge in [-0.15, -0.1) is 0 Å². The zero-order valence-corrected chi connectivity index (χ0v) is 13.4. The van der Waals surface area contributed by atoms with Crippen LogP contribution in [0.5, 0.6) is 0 Å². The molecule has 2 rings (SSSR count). The third kappa shape index (κ3) is 3.18. The SMILES string of the molecule is Cc1cc(C)c(C(=O)CS(=O)C2CCOC2C)c(C)c1. The molecule has 3 unspecified atom stereocenters. The Bertz CT molecular complexity index is 528. The lowest BCUT2D eigenvalue weighted by Gasteiger charge is -2.15. The van der Waals surface area contributed by atoms with E-state index in [4.69, 9.17) is 4.74 Å². The van der Waals surface area contributed by atoms with E-state index in [0.717, 1.165) is 28.7 Å². The monoisotopic (exact) mass is 294 g/mol. The predicted octanol–water partition coefficient (Wildman–Crippen LogP) is 2.72. The van der Waals surface area contributed by atoms with Crippen LogP contribution in [0.3, 0.4) is 0 Å². The second kappa shape index (κ2) is 6.19.